The molecule has 0 aromatic heterocycles. The van der Waals surface area contributed by atoms with Crippen molar-refractivity contribution in [2.24, 2.45) is 37.3 Å². The highest BCUT2D eigenvalue weighted by atomic mass is 79.9. The molecular formula is C18H20BrFN8O3S. The molecule has 0 aliphatic heterocycles. The number of nitrogens with one attached hydrogen (secondary N) is 1. The van der Waals surface area contributed by atoms with E-state index in [0.29, 0.717) is 0 Å². The van der Waals surface area contributed by atoms with Crippen molar-refractivity contribution in [3.05, 3.63) is 58.8 Å². The molecule has 32 heavy (non-hydrogen) atoms. The molecule has 2 aromatic rings. The molecule has 14 heteroatoms. The summed E-state index contributed by atoms with van der Waals surface area (Å²) < 4.78 is 39.9. The van der Waals surface area contributed by atoms with E-state index in [0.717, 1.165) is 0 Å². The summed E-state index contributed by atoms with van der Waals surface area (Å²) in [5.74, 6) is -1.31. The summed E-state index contributed by atoms with van der Waals surface area (Å²) in [6.45, 7) is -0.0432. The first kappa shape index (κ1) is 24.7. The van der Waals surface area contributed by atoms with Crippen molar-refractivity contribution in [1.82, 2.24) is 4.72 Å². The van der Waals surface area contributed by atoms with Gasteiger partial charge < -0.3 is 22.4 Å². The van der Waals surface area contributed by atoms with Gasteiger partial charge in [-0.3, -0.25) is 9.98 Å². The molecule has 2 rings (SSSR count). The van der Waals surface area contributed by atoms with E-state index in [4.69, 9.17) is 17.2 Å². The maximum atomic E-state index is 13.3. The molecule has 0 aliphatic carbocycles. The Labute approximate surface area is 191 Å². The van der Waals surface area contributed by atoms with Gasteiger partial charge >= 0.3 is 0 Å². The van der Waals surface area contributed by atoms with Gasteiger partial charge in [0.25, 0.3) is 10.0 Å². The third-order valence-electron chi connectivity index (χ3n) is 3.69. The quantitative estimate of drug-likeness (QED) is 0.112. The molecule has 11 nitrogen and oxygen atoms in total. The number of halogens is 2. The van der Waals surface area contributed by atoms with Crippen LogP contribution in [0, 0.1) is 5.82 Å². The van der Waals surface area contributed by atoms with Gasteiger partial charge in [-0.2, -0.15) is 0 Å². The van der Waals surface area contributed by atoms with Gasteiger partial charge in [0.1, 0.15) is 5.82 Å². The van der Waals surface area contributed by atoms with E-state index in [9.17, 15) is 18.0 Å². The lowest BCUT2D eigenvalue weighted by atomic mass is 10.3. The molecule has 0 amide bonds. The predicted octanol–water partition coefficient (Wildman–Crippen LogP) is 1.06. The van der Waals surface area contributed by atoms with Crippen LogP contribution >= 0.6 is 15.9 Å². The zero-order valence-electron chi connectivity index (χ0n) is 16.5. The minimum atomic E-state index is -3.85. The first-order chi connectivity index (χ1) is 15.1. The molecule has 170 valence electrons. The van der Waals surface area contributed by atoms with Crippen LogP contribution in [0.25, 0.3) is 0 Å². The van der Waals surface area contributed by atoms with E-state index < -0.39 is 15.8 Å². The van der Waals surface area contributed by atoms with Gasteiger partial charge in [0.15, 0.2) is 17.4 Å². The highest BCUT2D eigenvalue weighted by molar-refractivity contribution is 9.10. The second kappa shape index (κ2) is 11.2. The second-order valence-corrected chi connectivity index (χ2v) is 8.53. The third kappa shape index (κ3) is 7.02. The van der Waals surface area contributed by atoms with Gasteiger partial charge in [0, 0.05) is 0 Å². The van der Waals surface area contributed by atoms with Crippen LogP contribution in [0.15, 0.2) is 78.0 Å². The number of guanidine groups is 1. The van der Waals surface area contributed by atoms with Crippen LogP contribution in [0.5, 0.6) is 0 Å². The number of nitrogens with two attached hydrogens (primary N) is 3. The molecule has 8 N–H and O–H groups in total. The number of hydrogen-bond donors (Lipinski definition) is 5. The Morgan fingerprint density at radius 2 is 1.69 bits per heavy atom. The van der Waals surface area contributed by atoms with Crippen molar-refractivity contribution in [3.8, 4) is 0 Å². The molecule has 0 radical (unpaired) electrons. The normalized spacial score (nSPS) is 13.8. The number of hydrogen-bond acceptors (Lipinski definition) is 7. The van der Waals surface area contributed by atoms with Gasteiger partial charge in [0.2, 0.25) is 5.96 Å². The number of nitrogens with zero attached hydrogens (tertiary/aromatic N) is 4. The molecule has 0 unspecified atom stereocenters. The van der Waals surface area contributed by atoms with Crippen molar-refractivity contribution < 1.29 is 18.0 Å². The predicted molar refractivity (Wildman–Crippen MR) is 124 cm³/mol. The van der Waals surface area contributed by atoms with Gasteiger partial charge in [0.05, 0.1) is 28.1 Å². The average Bonchev–Trinajstić information content (AvgIpc) is 2.74. The number of amidine groups is 2. The Bertz CT molecular complexity index is 1180. The Kier molecular flexibility index (Phi) is 8.66. The molecule has 0 fully saturated rings. The Morgan fingerprint density at radius 1 is 1.03 bits per heavy atom. The minimum Gasteiger partial charge on any atom is -0.410 e. The van der Waals surface area contributed by atoms with Crippen molar-refractivity contribution in [2.45, 2.75) is 4.90 Å². The van der Waals surface area contributed by atoms with Crippen LogP contribution in [-0.4, -0.2) is 50.1 Å². The summed E-state index contributed by atoms with van der Waals surface area (Å²) in [5.41, 5.74) is 17.2. The topological polar surface area (TPSA) is 194 Å². The van der Waals surface area contributed by atoms with Crippen LogP contribution < -0.4 is 21.9 Å². The number of sulfonamides is 1. The van der Waals surface area contributed by atoms with E-state index in [2.05, 4.69) is 40.8 Å². The molecule has 0 heterocycles. The van der Waals surface area contributed by atoms with Crippen molar-refractivity contribution in [3.63, 3.8) is 0 Å². The van der Waals surface area contributed by atoms with E-state index in [1.54, 1.807) is 18.2 Å². The minimum absolute atomic E-state index is 0.0198. The van der Waals surface area contributed by atoms with E-state index in [1.165, 1.54) is 30.3 Å². The zero-order chi connectivity index (χ0) is 23.7. The zero-order valence-corrected chi connectivity index (χ0v) is 18.9. The molecule has 0 spiro atoms. The summed E-state index contributed by atoms with van der Waals surface area (Å²) in [6.07, 6.45) is 0. The fraction of sp³-hybridized carbons (Fsp3) is 0.111. The van der Waals surface area contributed by atoms with E-state index in [1.807, 2.05) is 0 Å². The van der Waals surface area contributed by atoms with Crippen LogP contribution in [0.2, 0.25) is 0 Å². The number of oxime groups is 1. The van der Waals surface area contributed by atoms with Crippen LogP contribution in [0.1, 0.15) is 0 Å². The Balaban J connectivity index is 2.00. The molecule has 2 aromatic carbocycles. The SMILES string of the molecule is NC(=NCCN=C(N)/C(=N\O)C(N)=Nc1ccc(F)c(Br)c1)NS(=O)(=O)c1ccccc1. The molecule has 0 atom stereocenters. The second-order valence-electron chi connectivity index (χ2n) is 6.00. The lowest BCUT2D eigenvalue weighted by molar-refractivity contribution is 0.321. The number of rotatable bonds is 8. The lowest BCUT2D eigenvalue weighted by Crippen LogP contribution is -2.37. The number of aliphatic imine (C=N–C) groups is 3. The monoisotopic (exact) mass is 526 g/mol. The molecule has 0 aliphatic rings. The number of benzene rings is 2. The largest absolute Gasteiger partial charge is 0.410 e. The molecule has 0 bridgehead atoms. The summed E-state index contributed by atoms with van der Waals surface area (Å²) in [5, 5.41) is 12.2. The van der Waals surface area contributed by atoms with Gasteiger partial charge in [-0.1, -0.05) is 23.4 Å². The maximum Gasteiger partial charge on any atom is 0.264 e. The van der Waals surface area contributed by atoms with Crippen molar-refractivity contribution >= 4 is 55.0 Å². The van der Waals surface area contributed by atoms with Gasteiger partial charge in [-0.25, -0.2) is 22.5 Å². The van der Waals surface area contributed by atoms with E-state index in [-0.39, 0.29) is 51.5 Å². The fourth-order valence-electron chi connectivity index (χ4n) is 2.22. The van der Waals surface area contributed by atoms with Crippen LogP contribution in [-0.2, 0) is 10.0 Å². The summed E-state index contributed by atoms with van der Waals surface area (Å²) in [6, 6.07) is 11.6. The van der Waals surface area contributed by atoms with Gasteiger partial charge in [-0.05, 0) is 46.3 Å². The summed E-state index contributed by atoms with van der Waals surface area (Å²) >= 11 is 3.03. The Morgan fingerprint density at radius 3 is 2.31 bits per heavy atom. The highest BCUT2D eigenvalue weighted by Crippen LogP contribution is 2.22. The highest BCUT2D eigenvalue weighted by Gasteiger charge is 2.14. The molecular weight excluding hydrogens is 507 g/mol. The lowest BCUT2D eigenvalue weighted by Gasteiger charge is -2.07. The average molecular weight is 527 g/mol. The standard InChI is InChI=1S/C18H20BrFN8O3S/c19-13-10-11(6-7-14(13)20)26-17(22)15(27-29)16(21)24-8-9-25-18(23)28-32(30,31)12-4-2-1-3-5-12/h1-7,10,29H,8-9H2,(H2,21,24)(H2,22,26)(H3,23,25,28)/b27-15+. The summed E-state index contributed by atoms with van der Waals surface area (Å²) in [7, 11) is -3.85. The van der Waals surface area contributed by atoms with Crippen molar-refractivity contribution in [1.29, 1.82) is 0 Å². The van der Waals surface area contributed by atoms with Crippen molar-refractivity contribution in [2.75, 3.05) is 13.1 Å². The molecule has 0 saturated carbocycles. The van der Waals surface area contributed by atoms with Crippen LogP contribution in [0.3, 0.4) is 0 Å². The third-order valence-corrected chi connectivity index (χ3v) is 5.67. The van der Waals surface area contributed by atoms with E-state index >= 15 is 0 Å². The fourth-order valence-corrected chi connectivity index (χ4v) is 3.56. The first-order valence-corrected chi connectivity index (χ1v) is 11.1. The van der Waals surface area contributed by atoms with Gasteiger partial charge in [-0.15, -0.1) is 0 Å². The Hall–Kier alpha value is -3.52. The molecule has 0 saturated heterocycles. The smallest absolute Gasteiger partial charge is 0.264 e. The maximum absolute atomic E-state index is 13.3. The summed E-state index contributed by atoms with van der Waals surface area (Å²) in [4.78, 5) is 11.8. The first-order valence-electron chi connectivity index (χ1n) is 8.83. The van der Waals surface area contributed by atoms with Crippen LogP contribution in [0.4, 0.5) is 10.1 Å².